The first-order valence-electron chi connectivity index (χ1n) is 7.16. The predicted molar refractivity (Wildman–Crippen MR) is 82.4 cm³/mol. The molecule has 1 aromatic carbocycles. The number of nitrogens with zero attached hydrogens (tertiary/aromatic N) is 1. The highest BCUT2D eigenvalue weighted by Gasteiger charge is 2.31. The van der Waals surface area contributed by atoms with Crippen molar-refractivity contribution in [2.75, 3.05) is 20.1 Å². The summed E-state index contributed by atoms with van der Waals surface area (Å²) < 4.78 is 40.3. The van der Waals surface area contributed by atoms with E-state index >= 15 is 0 Å². The number of alkyl halides is 3. The standard InChI is InChI=1S/C15H21F3N2O.ClH/c1-11(20-9-3-4-13(10-20)19-2)12-5-7-14(8-6-12)21-15(16,17)18;/h5-8,11,13,19H,3-4,9-10H2,1-2H3;1H. The van der Waals surface area contributed by atoms with Gasteiger partial charge in [-0.25, -0.2) is 0 Å². The molecule has 0 radical (unpaired) electrons. The Morgan fingerprint density at radius 3 is 2.45 bits per heavy atom. The van der Waals surface area contributed by atoms with Gasteiger partial charge in [-0.15, -0.1) is 25.6 Å². The van der Waals surface area contributed by atoms with Crippen LogP contribution in [0.5, 0.6) is 5.75 Å². The highest BCUT2D eigenvalue weighted by atomic mass is 35.5. The first kappa shape index (κ1) is 19.1. The highest BCUT2D eigenvalue weighted by molar-refractivity contribution is 5.85. The number of piperidine rings is 1. The van der Waals surface area contributed by atoms with E-state index in [1.807, 2.05) is 7.05 Å². The molecule has 1 N–H and O–H groups in total. The number of benzene rings is 1. The number of likely N-dealkylation sites (N-methyl/N-ethyl adjacent to an activating group) is 1. The quantitative estimate of drug-likeness (QED) is 0.905. The van der Waals surface area contributed by atoms with Crippen LogP contribution in [-0.4, -0.2) is 37.4 Å². The number of hydrogen-bond acceptors (Lipinski definition) is 3. The third-order valence-corrected chi connectivity index (χ3v) is 4.00. The van der Waals surface area contributed by atoms with Crippen molar-refractivity contribution in [2.45, 2.75) is 38.2 Å². The monoisotopic (exact) mass is 338 g/mol. The van der Waals surface area contributed by atoms with Gasteiger partial charge in [0.05, 0.1) is 0 Å². The topological polar surface area (TPSA) is 24.5 Å². The van der Waals surface area contributed by atoms with Crippen LogP contribution < -0.4 is 10.1 Å². The molecule has 7 heteroatoms. The summed E-state index contributed by atoms with van der Waals surface area (Å²) in [5.74, 6) is -0.176. The molecule has 1 aliphatic rings. The van der Waals surface area contributed by atoms with Crippen LogP contribution in [0.2, 0.25) is 0 Å². The summed E-state index contributed by atoms with van der Waals surface area (Å²) in [6, 6.07) is 6.82. The summed E-state index contributed by atoms with van der Waals surface area (Å²) in [7, 11) is 1.96. The van der Waals surface area contributed by atoms with Crippen molar-refractivity contribution in [2.24, 2.45) is 0 Å². The maximum Gasteiger partial charge on any atom is 0.573 e. The number of nitrogens with one attached hydrogen (secondary N) is 1. The Hall–Kier alpha value is -0.980. The molecule has 0 aromatic heterocycles. The van der Waals surface area contributed by atoms with Gasteiger partial charge < -0.3 is 10.1 Å². The molecule has 0 amide bonds. The van der Waals surface area contributed by atoms with E-state index in [1.54, 1.807) is 12.1 Å². The van der Waals surface area contributed by atoms with Gasteiger partial charge >= 0.3 is 6.36 Å². The van der Waals surface area contributed by atoms with Crippen molar-refractivity contribution < 1.29 is 17.9 Å². The van der Waals surface area contributed by atoms with Crippen LogP contribution in [0, 0.1) is 0 Å². The fraction of sp³-hybridized carbons (Fsp3) is 0.600. The summed E-state index contributed by atoms with van der Waals surface area (Å²) in [6.45, 7) is 4.05. The molecule has 1 fully saturated rings. The molecule has 2 rings (SSSR count). The van der Waals surface area contributed by atoms with E-state index in [1.165, 1.54) is 12.1 Å². The summed E-state index contributed by atoms with van der Waals surface area (Å²) in [4.78, 5) is 2.35. The van der Waals surface area contributed by atoms with Crippen LogP contribution in [0.3, 0.4) is 0 Å². The normalized spacial score (nSPS) is 21.0. The number of rotatable bonds is 4. The molecular weight excluding hydrogens is 317 g/mol. The second-order valence-corrected chi connectivity index (χ2v) is 5.42. The molecule has 126 valence electrons. The average molecular weight is 339 g/mol. The van der Waals surface area contributed by atoms with Gasteiger partial charge in [0, 0.05) is 18.6 Å². The fourth-order valence-electron chi connectivity index (χ4n) is 2.75. The van der Waals surface area contributed by atoms with Gasteiger partial charge in [0.1, 0.15) is 5.75 Å². The first-order chi connectivity index (χ1) is 9.89. The second-order valence-electron chi connectivity index (χ2n) is 5.42. The van der Waals surface area contributed by atoms with Gasteiger partial charge in [-0.2, -0.15) is 0 Å². The minimum Gasteiger partial charge on any atom is -0.406 e. The highest BCUT2D eigenvalue weighted by Crippen LogP contribution is 2.28. The van der Waals surface area contributed by atoms with Gasteiger partial charge in [0.2, 0.25) is 0 Å². The van der Waals surface area contributed by atoms with Crippen molar-refractivity contribution in [3.8, 4) is 5.75 Å². The van der Waals surface area contributed by atoms with Gasteiger partial charge in [-0.3, -0.25) is 4.90 Å². The third-order valence-electron chi connectivity index (χ3n) is 4.00. The lowest BCUT2D eigenvalue weighted by atomic mass is 10.0. The zero-order valence-corrected chi connectivity index (χ0v) is 13.5. The Morgan fingerprint density at radius 2 is 1.91 bits per heavy atom. The van der Waals surface area contributed by atoms with Crippen molar-refractivity contribution in [1.29, 1.82) is 0 Å². The molecule has 1 aromatic rings. The first-order valence-corrected chi connectivity index (χ1v) is 7.16. The van der Waals surface area contributed by atoms with Crippen molar-refractivity contribution >= 4 is 12.4 Å². The Bertz CT molecular complexity index is 453. The molecule has 22 heavy (non-hydrogen) atoms. The molecule has 0 saturated carbocycles. The zero-order valence-electron chi connectivity index (χ0n) is 12.7. The van der Waals surface area contributed by atoms with E-state index in [9.17, 15) is 13.2 Å². The molecule has 0 aliphatic carbocycles. The predicted octanol–water partition coefficient (Wildman–Crippen LogP) is 3.75. The van der Waals surface area contributed by atoms with Crippen LogP contribution in [0.4, 0.5) is 13.2 Å². The van der Waals surface area contributed by atoms with Crippen LogP contribution in [-0.2, 0) is 0 Å². The largest absolute Gasteiger partial charge is 0.573 e. The number of likely N-dealkylation sites (tertiary alicyclic amines) is 1. The van der Waals surface area contributed by atoms with Crippen molar-refractivity contribution in [1.82, 2.24) is 10.2 Å². The number of halogens is 4. The Morgan fingerprint density at radius 1 is 1.27 bits per heavy atom. The maximum absolute atomic E-state index is 12.1. The molecule has 2 unspecified atom stereocenters. The Balaban J connectivity index is 0.00000242. The fourth-order valence-corrected chi connectivity index (χ4v) is 2.75. The van der Waals surface area contributed by atoms with E-state index in [0.29, 0.717) is 6.04 Å². The molecule has 1 aliphatic heterocycles. The SMILES string of the molecule is CNC1CCCN(C(C)c2ccc(OC(F)(F)F)cc2)C1.Cl. The number of hydrogen-bond donors (Lipinski definition) is 1. The third kappa shape index (κ3) is 5.34. The molecule has 1 heterocycles. The smallest absolute Gasteiger partial charge is 0.406 e. The summed E-state index contributed by atoms with van der Waals surface area (Å²) in [5.41, 5.74) is 1.00. The summed E-state index contributed by atoms with van der Waals surface area (Å²) >= 11 is 0. The second kappa shape index (κ2) is 8.04. The van der Waals surface area contributed by atoms with E-state index in [0.717, 1.165) is 31.5 Å². The van der Waals surface area contributed by atoms with Gasteiger partial charge in [0.25, 0.3) is 0 Å². The lowest BCUT2D eigenvalue weighted by Crippen LogP contribution is -2.45. The minimum absolute atomic E-state index is 0. The Labute approximate surface area is 135 Å². The maximum atomic E-state index is 12.1. The molecular formula is C15H22ClF3N2O. The van der Waals surface area contributed by atoms with E-state index in [2.05, 4.69) is 21.9 Å². The zero-order chi connectivity index (χ0) is 15.5. The van der Waals surface area contributed by atoms with Crippen molar-refractivity contribution in [3.05, 3.63) is 29.8 Å². The van der Waals surface area contributed by atoms with E-state index in [4.69, 9.17) is 0 Å². The average Bonchev–Trinajstić information content (AvgIpc) is 2.46. The minimum atomic E-state index is -4.64. The number of ether oxygens (including phenoxy) is 1. The lowest BCUT2D eigenvalue weighted by molar-refractivity contribution is -0.274. The van der Waals surface area contributed by atoms with Crippen LogP contribution in [0.15, 0.2) is 24.3 Å². The van der Waals surface area contributed by atoms with Gasteiger partial charge in [-0.05, 0) is 51.1 Å². The van der Waals surface area contributed by atoms with E-state index in [-0.39, 0.29) is 24.2 Å². The van der Waals surface area contributed by atoms with E-state index < -0.39 is 6.36 Å². The van der Waals surface area contributed by atoms with Crippen LogP contribution in [0.1, 0.15) is 31.4 Å². The molecule has 2 atom stereocenters. The molecule has 0 bridgehead atoms. The summed E-state index contributed by atoms with van der Waals surface area (Å²) in [5, 5.41) is 3.29. The van der Waals surface area contributed by atoms with Gasteiger partial charge in [-0.1, -0.05) is 12.1 Å². The Kier molecular flexibility index (Phi) is 6.97. The summed E-state index contributed by atoms with van der Waals surface area (Å²) in [6.07, 6.45) is -2.34. The molecule has 1 saturated heterocycles. The van der Waals surface area contributed by atoms with Crippen LogP contribution >= 0.6 is 12.4 Å². The molecule has 0 spiro atoms. The molecule has 3 nitrogen and oxygen atoms in total. The van der Waals surface area contributed by atoms with Crippen LogP contribution in [0.25, 0.3) is 0 Å². The lowest BCUT2D eigenvalue weighted by Gasteiger charge is -2.37. The van der Waals surface area contributed by atoms with Crippen molar-refractivity contribution in [3.63, 3.8) is 0 Å². The van der Waals surface area contributed by atoms with Gasteiger partial charge in [0.15, 0.2) is 0 Å².